The van der Waals surface area contributed by atoms with Gasteiger partial charge in [-0.3, -0.25) is 4.99 Å². The number of hydrogen-bond acceptors (Lipinski definition) is 3. The van der Waals surface area contributed by atoms with Gasteiger partial charge in [0.2, 0.25) is 0 Å². The topological polar surface area (TPSA) is 24.8 Å². The van der Waals surface area contributed by atoms with Gasteiger partial charge in [0, 0.05) is 6.54 Å². The molecular formula is C15H24N2O. The second-order valence-corrected chi connectivity index (χ2v) is 4.12. The number of nitrogens with zero attached hydrogens (tertiary/aromatic N) is 2. The highest BCUT2D eigenvalue weighted by Crippen LogP contribution is 2.11. The van der Waals surface area contributed by atoms with Gasteiger partial charge in [-0.2, -0.15) is 0 Å². The molecule has 0 bridgehead atoms. The third-order valence-corrected chi connectivity index (χ3v) is 2.64. The Morgan fingerprint density at radius 3 is 2.39 bits per heavy atom. The molecule has 0 saturated heterocycles. The molecule has 18 heavy (non-hydrogen) atoms. The van der Waals surface area contributed by atoms with Crippen molar-refractivity contribution in [3.05, 3.63) is 29.8 Å². The standard InChI is InChI=1S/C13H18N2O.C2H6/c1-12-4-6-13(7-5-12)16-9-3-2-8-15-10-14-11-15;1-2/h4-7,10H,2-3,8-9,11H2,1H3;1-2H3. The first-order valence-corrected chi connectivity index (χ1v) is 6.78. The predicted octanol–water partition coefficient (Wildman–Crippen LogP) is 3.48. The maximum atomic E-state index is 5.64. The van der Waals surface area contributed by atoms with Crippen LogP contribution in [-0.4, -0.2) is 31.1 Å². The fourth-order valence-electron chi connectivity index (χ4n) is 1.57. The van der Waals surface area contributed by atoms with Gasteiger partial charge in [-0.25, -0.2) is 0 Å². The van der Waals surface area contributed by atoms with Crippen molar-refractivity contribution in [1.82, 2.24) is 4.90 Å². The van der Waals surface area contributed by atoms with Crippen LogP contribution in [0.25, 0.3) is 0 Å². The maximum Gasteiger partial charge on any atom is 0.119 e. The number of hydrogen-bond donors (Lipinski definition) is 0. The molecule has 1 aromatic carbocycles. The van der Waals surface area contributed by atoms with Gasteiger partial charge in [0.05, 0.1) is 12.9 Å². The molecule has 0 unspecified atom stereocenters. The second-order valence-electron chi connectivity index (χ2n) is 4.12. The summed E-state index contributed by atoms with van der Waals surface area (Å²) in [6.45, 7) is 8.85. The van der Waals surface area contributed by atoms with E-state index in [0.717, 1.165) is 38.4 Å². The zero-order valence-corrected chi connectivity index (χ0v) is 11.7. The molecule has 0 aliphatic carbocycles. The van der Waals surface area contributed by atoms with E-state index >= 15 is 0 Å². The second kappa shape index (κ2) is 8.56. The molecule has 0 radical (unpaired) electrons. The first-order valence-electron chi connectivity index (χ1n) is 6.78. The number of ether oxygens (including phenoxy) is 1. The third kappa shape index (κ3) is 5.21. The first kappa shape index (κ1) is 14.6. The molecule has 1 heterocycles. The molecule has 100 valence electrons. The van der Waals surface area contributed by atoms with Crippen LogP contribution in [-0.2, 0) is 0 Å². The molecule has 3 nitrogen and oxygen atoms in total. The van der Waals surface area contributed by atoms with Crippen LogP contribution in [0.15, 0.2) is 29.3 Å². The van der Waals surface area contributed by atoms with E-state index in [1.54, 1.807) is 0 Å². The maximum absolute atomic E-state index is 5.64. The van der Waals surface area contributed by atoms with Gasteiger partial charge in [-0.15, -0.1) is 0 Å². The molecule has 0 aromatic heterocycles. The Balaban J connectivity index is 0.000000771. The van der Waals surface area contributed by atoms with Crippen LogP contribution < -0.4 is 4.74 Å². The number of aliphatic imine (C=N–C) groups is 1. The van der Waals surface area contributed by atoms with Crippen LogP contribution >= 0.6 is 0 Å². The summed E-state index contributed by atoms with van der Waals surface area (Å²) in [4.78, 5) is 6.24. The summed E-state index contributed by atoms with van der Waals surface area (Å²) in [5.74, 6) is 0.969. The summed E-state index contributed by atoms with van der Waals surface area (Å²) in [6, 6.07) is 8.20. The summed E-state index contributed by atoms with van der Waals surface area (Å²) in [7, 11) is 0. The van der Waals surface area contributed by atoms with E-state index in [0.29, 0.717) is 0 Å². The van der Waals surface area contributed by atoms with Gasteiger partial charge in [0.25, 0.3) is 0 Å². The molecule has 0 N–H and O–H groups in total. The van der Waals surface area contributed by atoms with E-state index in [1.807, 2.05) is 32.3 Å². The Morgan fingerprint density at radius 1 is 1.17 bits per heavy atom. The van der Waals surface area contributed by atoms with Crippen LogP contribution in [0.2, 0.25) is 0 Å². The Labute approximate surface area is 110 Å². The quantitative estimate of drug-likeness (QED) is 0.720. The summed E-state index contributed by atoms with van der Waals surface area (Å²) >= 11 is 0. The molecule has 3 heteroatoms. The number of aryl methyl sites for hydroxylation is 1. The Bertz CT molecular complexity index is 346. The van der Waals surface area contributed by atoms with Crippen molar-refractivity contribution in [2.45, 2.75) is 33.6 Å². The normalized spacial score (nSPS) is 12.5. The Morgan fingerprint density at radius 2 is 1.83 bits per heavy atom. The van der Waals surface area contributed by atoms with Crippen molar-refractivity contribution in [2.75, 3.05) is 19.8 Å². The molecule has 0 saturated carbocycles. The predicted molar refractivity (Wildman–Crippen MR) is 77.3 cm³/mol. The SMILES string of the molecule is CC.Cc1ccc(OCCCCN2C=NC2)cc1. The highest BCUT2D eigenvalue weighted by molar-refractivity contribution is 5.59. The Hall–Kier alpha value is -1.51. The number of benzene rings is 1. The molecule has 2 rings (SSSR count). The third-order valence-electron chi connectivity index (χ3n) is 2.64. The lowest BCUT2D eigenvalue weighted by atomic mass is 10.2. The zero-order chi connectivity index (χ0) is 13.2. The van der Waals surface area contributed by atoms with Crippen molar-refractivity contribution in [3.8, 4) is 5.75 Å². The molecule has 1 aromatic rings. The van der Waals surface area contributed by atoms with E-state index in [-0.39, 0.29) is 0 Å². The monoisotopic (exact) mass is 248 g/mol. The van der Waals surface area contributed by atoms with Crippen molar-refractivity contribution in [1.29, 1.82) is 0 Å². The molecule has 0 atom stereocenters. The molecule has 0 amide bonds. The summed E-state index contributed by atoms with van der Waals surface area (Å²) in [5, 5.41) is 0. The van der Waals surface area contributed by atoms with Crippen LogP contribution in [0, 0.1) is 6.92 Å². The minimum atomic E-state index is 0.800. The molecule has 0 spiro atoms. The first-order chi connectivity index (χ1) is 8.84. The Kier molecular flexibility index (Phi) is 6.92. The van der Waals surface area contributed by atoms with Gasteiger partial charge in [-0.05, 0) is 31.9 Å². The van der Waals surface area contributed by atoms with Gasteiger partial charge < -0.3 is 9.64 Å². The average molecular weight is 248 g/mol. The van der Waals surface area contributed by atoms with Gasteiger partial charge in [0.15, 0.2) is 0 Å². The fraction of sp³-hybridized carbons (Fsp3) is 0.533. The molecule has 1 aliphatic heterocycles. The van der Waals surface area contributed by atoms with E-state index < -0.39 is 0 Å². The van der Waals surface area contributed by atoms with Crippen molar-refractivity contribution in [2.24, 2.45) is 4.99 Å². The van der Waals surface area contributed by atoms with Crippen LogP contribution in [0.5, 0.6) is 5.75 Å². The van der Waals surface area contributed by atoms with Gasteiger partial charge >= 0.3 is 0 Å². The van der Waals surface area contributed by atoms with Crippen molar-refractivity contribution in [3.63, 3.8) is 0 Å². The van der Waals surface area contributed by atoms with E-state index in [4.69, 9.17) is 4.74 Å². The summed E-state index contributed by atoms with van der Waals surface area (Å²) in [5.41, 5.74) is 1.27. The van der Waals surface area contributed by atoms with E-state index in [1.165, 1.54) is 5.56 Å². The van der Waals surface area contributed by atoms with Gasteiger partial charge in [-0.1, -0.05) is 31.5 Å². The molecule has 0 fully saturated rings. The smallest absolute Gasteiger partial charge is 0.119 e. The molecule has 1 aliphatic rings. The summed E-state index contributed by atoms with van der Waals surface area (Å²) < 4.78 is 5.64. The van der Waals surface area contributed by atoms with Crippen LogP contribution in [0.3, 0.4) is 0 Å². The largest absolute Gasteiger partial charge is 0.494 e. The summed E-state index contributed by atoms with van der Waals surface area (Å²) in [6.07, 6.45) is 4.16. The van der Waals surface area contributed by atoms with E-state index in [9.17, 15) is 0 Å². The molecular weight excluding hydrogens is 224 g/mol. The van der Waals surface area contributed by atoms with Crippen molar-refractivity contribution >= 4 is 6.34 Å². The van der Waals surface area contributed by atoms with Crippen LogP contribution in [0.1, 0.15) is 32.3 Å². The lowest BCUT2D eigenvalue weighted by molar-refractivity contribution is 0.293. The lowest BCUT2D eigenvalue weighted by Gasteiger charge is -2.23. The van der Waals surface area contributed by atoms with Gasteiger partial charge in [0.1, 0.15) is 12.4 Å². The van der Waals surface area contributed by atoms with Crippen molar-refractivity contribution < 1.29 is 4.74 Å². The minimum Gasteiger partial charge on any atom is -0.494 e. The average Bonchev–Trinajstić information content (AvgIpc) is 2.36. The number of unbranched alkanes of at least 4 members (excludes halogenated alkanes) is 1. The highest BCUT2D eigenvalue weighted by Gasteiger charge is 2.04. The van der Waals surface area contributed by atoms with E-state index in [2.05, 4.69) is 28.9 Å². The highest BCUT2D eigenvalue weighted by atomic mass is 16.5. The number of rotatable bonds is 6. The fourth-order valence-corrected chi connectivity index (χ4v) is 1.57. The lowest BCUT2D eigenvalue weighted by Crippen LogP contribution is -2.31. The zero-order valence-electron chi connectivity index (χ0n) is 11.7. The minimum absolute atomic E-state index is 0.800. The van der Waals surface area contributed by atoms with Crippen LogP contribution in [0.4, 0.5) is 0 Å².